The molecule has 0 saturated heterocycles. The molecular formula is C10H10O4S. The summed E-state index contributed by atoms with van der Waals surface area (Å²) in [5.41, 5.74) is 0. The van der Waals surface area contributed by atoms with Crippen molar-refractivity contribution < 1.29 is 19.4 Å². The van der Waals surface area contributed by atoms with Crippen LogP contribution in [0.2, 0.25) is 0 Å². The molecule has 15 heavy (non-hydrogen) atoms. The molecule has 1 unspecified atom stereocenters. The quantitative estimate of drug-likeness (QED) is 0.581. The van der Waals surface area contributed by atoms with Crippen LogP contribution >= 0.6 is 12.6 Å². The van der Waals surface area contributed by atoms with E-state index in [9.17, 15) is 9.59 Å². The molecule has 1 aromatic carbocycles. The lowest BCUT2D eigenvalue weighted by atomic mass is 10.3. The van der Waals surface area contributed by atoms with Crippen LogP contribution in [-0.4, -0.2) is 28.7 Å². The fraction of sp³-hybridized carbons (Fsp3) is 0.200. The highest BCUT2D eigenvalue weighted by Gasteiger charge is 2.21. The van der Waals surface area contributed by atoms with Gasteiger partial charge in [-0.1, -0.05) is 18.2 Å². The van der Waals surface area contributed by atoms with E-state index in [2.05, 4.69) is 12.6 Å². The number of rotatable bonds is 5. The number of aliphatic carboxylic acids is 1. The highest BCUT2D eigenvalue weighted by atomic mass is 32.1. The average molecular weight is 226 g/mol. The minimum Gasteiger partial charge on any atom is -0.486 e. The SMILES string of the molecule is O=C(O)C(S)C(=O)COc1ccccc1. The first-order valence-corrected chi connectivity index (χ1v) is 4.74. The number of benzene rings is 1. The number of para-hydroxylation sites is 1. The summed E-state index contributed by atoms with van der Waals surface area (Å²) in [6, 6.07) is 8.70. The van der Waals surface area contributed by atoms with E-state index in [1.807, 2.05) is 6.07 Å². The number of ketones is 1. The molecule has 0 aliphatic rings. The molecule has 1 rings (SSSR count). The monoisotopic (exact) mass is 226 g/mol. The second-order valence-electron chi connectivity index (χ2n) is 2.81. The van der Waals surface area contributed by atoms with Gasteiger partial charge in [0, 0.05) is 0 Å². The number of carboxylic acids is 1. The predicted octanol–water partition coefficient (Wildman–Crippen LogP) is 1.02. The van der Waals surface area contributed by atoms with Gasteiger partial charge in [-0.25, -0.2) is 0 Å². The average Bonchev–Trinajstić information content (AvgIpc) is 2.26. The van der Waals surface area contributed by atoms with Gasteiger partial charge in [0.2, 0.25) is 0 Å². The second kappa shape index (κ2) is 5.41. The first-order chi connectivity index (χ1) is 7.11. The molecule has 80 valence electrons. The molecule has 0 spiro atoms. The number of carbonyl (C=O) groups excluding carboxylic acids is 1. The molecule has 0 aliphatic heterocycles. The van der Waals surface area contributed by atoms with Gasteiger partial charge in [-0.05, 0) is 12.1 Å². The lowest BCUT2D eigenvalue weighted by Crippen LogP contribution is -2.29. The van der Waals surface area contributed by atoms with Crippen LogP contribution < -0.4 is 4.74 Å². The summed E-state index contributed by atoms with van der Waals surface area (Å²) in [6.45, 7) is -0.287. The van der Waals surface area contributed by atoms with Crippen LogP contribution in [0.5, 0.6) is 5.75 Å². The first-order valence-electron chi connectivity index (χ1n) is 4.22. The maximum absolute atomic E-state index is 11.2. The van der Waals surface area contributed by atoms with Crippen LogP contribution in [0, 0.1) is 0 Å². The van der Waals surface area contributed by atoms with Gasteiger partial charge in [-0.3, -0.25) is 9.59 Å². The van der Waals surface area contributed by atoms with Gasteiger partial charge in [0.1, 0.15) is 12.4 Å². The largest absolute Gasteiger partial charge is 0.486 e. The molecule has 0 radical (unpaired) electrons. The van der Waals surface area contributed by atoms with Crippen molar-refractivity contribution >= 4 is 24.4 Å². The van der Waals surface area contributed by atoms with Gasteiger partial charge >= 0.3 is 5.97 Å². The molecular weight excluding hydrogens is 216 g/mol. The van der Waals surface area contributed by atoms with Gasteiger partial charge in [-0.2, -0.15) is 12.6 Å². The lowest BCUT2D eigenvalue weighted by molar-refractivity contribution is -0.139. The summed E-state index contributed by atoms with van der Waals surface area (Å²) in [6.07, 6.45) is 0. The van der Waals surface area contributed by atoms with E-state index in [0.29, 0.717) is 5.75 Å². The predicted molar refractivity (Wildman–Crippen MR) is 57.4 cm³/mol. The Bertz CT molecular complexity index is 350. The number of thiol groups is 1. The van der Waals surface area contributed by atoms with Crippen LogP contribution in [0.4, 0.5) is 0 Å². The molecule has 1 N–H and O–H groups in total. The molecule has 0 saturated carbocycles. The Kier molecular flexibility index (Phi) is 4.17. The lowest BCUT2D eigenvalue weighted by Gasteiger charge is -2.06. The Morgan fingerprint density at radius 3 is 2.47 bits per heavy atom. The van der Waals surface area contributed by atoms with Crippen molar-refractivity contribution in [2.45, 2.75) is 5.25 Å². The zero-order valence-corrected chi connectivity index (χ0v) is 8.68. The zero-order chi connectivity index (χ0) is 11.3. The van der Waals surface area contributed by atoms with E-state index in [1.165, 1.54) is 0 Å². The summed E-state index contributed by atoms with van der Waals surface area (Å²) in [5, 5.41) is 7.17. The van der Waals surface area contributed by atoms with Gasteiger partial charge in [0.25, 0.3) is 0 Å². The van der Waals surface area contributed by atoms with Gasteiger partial charge in [0.15, 0.2) is 11.0 Å². The highest BCUT2D eigenvalue weighted by molar-refractivity contribution is 7.82. The molecule has 1 aromatic rings. The third-order valence-corrected chi connectivity index (χ3v) is 2.17. The number of ether oxygens (including phenoxy) is 1. The Morgan fingerprint density at radius 2 is 1.93 bits per heavy atom. The van der Waals surface area contributed by atoms with Crippen molar-refractivity contribution in [1.29, 1.82) is 0 Å². The summed E-state index contributed by atoms with van der Waals surface area (Å²) in [5.74, 6) is -1.31. The van der Waals surface area contributed by atoms with Crippen LogP contribution in [0.15, 0.2) is 30.3 Å². The molecule has 1 atom stereocenters. The van der Waals surface area contributed by atoms with E-state index < -0.39 is 17.0 Å². The summed E-state index contributed by atoms with van der Waals surface area (Å²) in [7, 11) is 0. The molecule has 5 heteroatoms. The molecule has 0 heterocycles. The first kappa shape index (κ1) is 11.6. The fourth-order valence-corrected chi connectivity index (χ4v) is 0.962. The Balaban J connectivity index is 2.44. The minimum atomic E-state index is -1.33. The number of carboxylic acid groups (broad SMARTS) is 1. The highest BCUT2D eigenvalue weighted by Crippen LogP contribution is 2.08. The number of hydrogen-bond donors (Lipinski definition) is 2. The third-order valence-electron chi connectivity index (χ3n) is 1.66. The van der Waals surface area contributed by atoms with Gasteiger partial charge in [-0.15, -0.1) is 0 Å². The molecule has 0 aliphatic carbocycles. The maximum Gasteiger partial charge on any atom is 0.324 e. The van der Waals surface area contributed by atoms with Crippen LogP contribution in [0.25, 0.3) is 0 Å². The Hall–Kier alpha value is -1.49. The maximum atomic E-state index is 11.2. The number of Topliss-reactive ketones (excluding diaryl/α,β-unsaturated/α-hetero) is 1. The van der Waals surface area contributed by atoms with E-state index in [4.69, 9.17) is 9.84 Å². The van der Waals surface area contributed by atoms with E-state index in [-0.39, 0.29) is 6.61 Å². The Labute approximate surface area is 92.3 Å². The summed E-state index contributed by atoms with van der Waals surface area (Å²) >= 11 is 3.64. The molecule has 0 bridgehead atoms. The van der Waals surface area contributed by atoms with Crippen molar-refractivity contribution in [2.24, 2.45) is 0 Å². The van der Waals surface area contributed by atoms with Crippen molar-refractivity contribution in [3.05, 3.63) is 30.3 Å². The van der Waals surface area contributed by atoms with E-state index in [0.717, 1.165) is 0 Å². The van der Waals surface area contributed by atoms with Crippen molar-refractivity contribution in [1.82, 2.24) is 0 Å². The molecule has 0 aromatic heterocycles. The van der Waals surface area contributed by atoms with Crippen molar-refractivity contribution in [3.8, 4) is 5.75 Å². The summed E-state index contributed by atoms with van der Waals surface area (Å²) < 4.78 is 5.08. The smallest absolute Gasteiger partial charge is 0.324 e. The molecule has 4 nitrogen and oxygen atoms in total. The van der Waals surface area contributed by atoms with Gasteiger partial charge < -0.3 is 9.84 Å². The van der Waals surface area contributed by atoms with E-state index >= 15 is 0 Å². The topological polar surface area (TPSA) is 63.6 Å². The normalized spacial score (nSPS) is 11.8. The Morgan fingerprint density at radius 1 is 1.33 bits per heavy atom. The second-order valence-corrected chi connectivity index (χ2v) is 3.33. The number of carbonyl (C=O) groups is 2. The van der Waals surface area contributed by atoms with Crippen LogP contribution in [0.1, 0.15) is 0 Å². The third kappa shape index (κ3) is 3.63. The molecule has 0 fully saturated rings. The van der Waals surface area contributed by atoms with Gasteiger partial charge in [0.05, 0.1) is 0 Å². The fourth-order valence-electron chi connectivity index (χ4n) is 0.888. The zero-order valence-electron chi connectivity index (χ0n) is 7.79. The number of hydrogen-bond acceptors (Lipinski definition) is 4. The van der Waals surface area contributed by atoms with E-state index in [1.54, 1.807) is 24.3 Å². The summed E-state index contributed by atoms with van der Waals surface area (Å²) in [4.78, 5) is 21.6. The van der Waals surface area contributed by atoms with Crippen LogP contribution in [0.3, 0.4) is 0 Å². The molecule has 0 amide bonds. The van der Waals surface area contributed by atoms with Crippen molar-refractivity contribution in [3.63, 3.8) is 0 Å². The standard InChI is InChI=1S/C10H10O4S/c11-8(9(15)10(12)13)6-14-7-4-2-1-3-5-7/h1-5,9,15H,6H2,(H,12,13). The van der Waals surface area contributed by atoms with Crippen LogP contribution in [-0.2, 0) is 9.59 Å². The minimum absolute atomic E-state index is 0.287. The van der Waals surface area contributed by atoms with Crippen molar-refractivity contribution in [2.75, 3.05) is 6.61 Å².